The fraction of sp³-hybridized carbons (Fsp3) is 0.300. The standard InChI is InChI=1S/C10H12FN3O2/c1-6(9(15)12-2)14-10(16)7-3-4-13-5-8(7)11/h3-6H,1-2H3,(H,12,15)(H,14,16). The molecule has 0 spiro atoms. The third-order valence-electron chi connectivity index (χ3n) is 2.00. The molecule has 5 nitrogen and oxygen atoms in total. The van der Waals surface area contributed by atoms with Crippen LogP contribution in [-0.4, -0.2) is 29.9 Å². The van der Waals surface area contributed by atoms with E-state index in [4.69, 9.17) is 0 Å². The van der Waals surface area contributed by atoms with E-state index in [1.165, 1.54) is 26.2 Å². The van der Waals surface area contributed by atoms with Crippen molar-refractivity contribution in [3.8, 4) is 0 Å². The number of nitrogens with one attached hydrogen (secondary N) is 2. The molecule has 0 bridgehead atoms. The van der Waals surface area contributed by atoms with Gasteiger partial charge in [0.1, 0.15) is 6.04 Å². The molecule has 16 heavy (non-hydrogen) atoms. The van der Waals surface area contributed by atoms with E-state index >= 15 is 0 Å². The molecule has 1 unspecified atom stereocenters. The number of aromatic nitrogens is 1. The zero-order valence-corrected chi connectivity index (χ0v) is 8.95. The third kappa shape index (κ3) is 2.75. The van der Waals surface area contributed by atoms with Gasteiger partial charge in [0.2, 0.25) is 5.91 Å². The molecule has 1 aromatic rings. The Morgan fingerprint density at radius 1 is 1.50 bits per heavy atom. The number of pyridine rings is 1. The van der Waals surface area contributed by atoms with Crippen LogP contribution in [-0.2, 0) is 4.79 Å². The van der Waals surface area contributed by atoms with E-state index in [0.717, 1.165) is 6.20 Å². The van der Waals surface area contributed by atoms with Gasteiger partial charge in [0, 0.05) is 13.2 Å². The van der Waals surface area contributed by atoms with Crippen molar-refractivity contribution in [3.63, 3.8) is 0 Å². The average Bonchev–Trinajstić information content (AvgIpc) is 2.28. The second-order valence-electron chi connectivity index (χ2n) is 3.16. The SMILES string of the molecule is CNC(=O)C(C)NC(=O)c1ccncc1F. The van der Waals surface area contributed by atoms with Gasteiger partial charge in [-0.25, -0.2) is 4.39 Å². The first-order valence-electron chi connectivity index (χ1n) is 4.68. The molecule has 1 rings (SSSR count). The van der Waals surface area contributed by atoms with E-state index in [2.05, 4.69) is 15.6 Å². The van der Waals surface area contributed by atoms with E-state index in [-0.39, 0.29) is 11.5 Å². The summed E-state index contributed by atoms with van der Waals surface area (Å²) in [5.41, 5.74) is -0.134. The van der Waals surface area contributed by atoms with E-state index < -0.39 is 17.8 Å². The summed E-state index contributed by atoms with van der Waals surface area (Å²) in [7, 11) is 1.46. The average molecular weight is 225 g/mol. The van der Waals surface area contributed by atoms with Gasteiger partial charge in [-0.15, -0.1) is 0 Å². The zero-order valence-electron chi connectivity index (χ0n) is 8.95. The molecule has 2 amide bonds. The maximum Gasteiger partial charge on any atom is 0.255 e. The summed E-state index contributed by atoms with van der Waals surface area (Å²) in [5, 5.41) is 4.75. The lowest BCUT2D eigenvalue weighted by Crippen LogP contribution is -2.43. The van der Waals surface area contributed by atoms with Crippen molar-refractivity contribution >= 4 is 11.8 Å². The Morgan fingerprint density at radius 3 is 2.75 bits per heavy atom. The summed E-state index contributed by atoms with van der Waals surface area (Å²) in [5.74, 6) is -1.71. The van der Waals surface area contributed by atoms with Crippen LogP contribution in [0.5, 0.6) is 0 Å². The highest BCUT2D eigenvalue weighted by molar-refractivity contribution is 5.97. The van der Waals surface area contributed by atoms with Crippen molar-refractivity contribution in [2.45, 2.75) is 13.0 Å². The second kappa shape index (κ2) is 5.20. The van der Waals surface area contributed by atoms with Crippen molar-refractivity contribution in [3.05, 3.63) is 29.8 Å². The Bertz CT molecular complexity index is 409. The van der Waals surface area contributed by atoms with Crippen molar-refractivity contribution in [1.82, 2.24) is 15.6 Å². The van der Waals surface area contributed by atoms with Crippen molar-refractivity contribution < 1.29 is 14.0 Å². The van der Waals surface area contributed by atoms with Crippen LogP contribution >= 0.6 is 0 Å². The number of halogens is 1. The highest BCUT2D eigenvalue weighted by Crippen LogP contribution is 2.04. The highest BCUT2D eigenvalue weighted by atomic mass is 19.1. The molecule has 0 saturated carbocycles. The predicted molar refractivity (Wildman–Crippen MR) is 55.2 cm³/mol. The molecule has 0 aliphatic rings. The topological polar surface area (TPSA) is 71.1 Å². The molecule has 86 valence electrons. The molecule has 0 saturated heterocycles. The van der Waals surface area contributed by atoms with Crippen LogP contribution in [0.4, 0.5) is 4.39 Å². The number of hydrogen-bond acceptors (Lipinski definition) is 3. The molecule has 0 aliphatic heterocycles. The van der Waals surface area contributed by atoms with Crippen LogP contribution in [0.15, 0.2) is 18.5 Å². The number of amides is 2. The van der Waals surface area contributed by atoms with Gasteiger partial charge in [0.05, 0.1) is 11.8 Å². The fourth-order valence-corrected chi connectivity index (χ4v) is 1.12. The van der Waals surface area contributed by atoms with E-state index in [1.54, 1.807) is 0 Å². The Morgan fingerprint density at radius 2 is 2.19 bits per heavy atom. The lowest BCUT2D eigenvalue weighted by molar-refractivity contribution is -0.122. The van der Waals surface area contributed by atoms with Crippen molar-refractivity contribution in [2.75, 3.05) is 7.05 Å². The van der Waals surface area contributed by atoms with Gasteiger partial charge in [-0.3, -0.25) is 14.6 Å². The Hall–Kier alpha value is -1.98. The van der Waals surface area contributed by atoms with Crippen LogP contribution in [0, 0.1) is 5.82 Å². The van der Waals surface area contributed by atoms with Crippen molar-refractivity contribution in [2.24, 2.45) is 0 Å². The lowest BCUT2D eigenvalue weighted by Gasteiger charge is -2.12. The zero-order chi connectivity index (χ0) is 12.1. The molecule has 0 aliphatic carbocycles. The minimum atomic E-state index is -0.718. The molecule has 6 heteroatoms. The normalized spacial score (nSPS) is 11.7. The largest absolute Gasteiger partial charge is 0.357 e. The summed E-state index contributed by atoms with van der Waals surface area (Å²) in [6, 6.07) is 0.534. The summed E-state index contributed by atoms with van der Waals surface area (Å²) in [4.78, 5) is 26.2. The van der Waals surface area contributed by atoms with Gasteiger partial charge < -0.3 is 10.6 Å². The summed E-state index contributed by atoms with van der Waals surface area (Å²) in [6.07, 6.45) is 2.25. The first-order chi connectivity index (χ1) is 7.56. The summed E-state index contributed by atoms with van der Waals surface area (Å²) in [6.45, 7) is 1.51. The molecule has 2 N–H and O–H groups in total. The van der Waals surface area contributed by atoms with Crippen LogP contribution in [0.1, 0.15) is 17.3 Å². The van der Waals surface area contributed by atoms with Gasteiger partial charge in [-0.1, -0.05) is 0 Å². The smallest absolute Gasteiger partial charge is 0.255 e. The highest BCUT2D eigenvalue weighted by Gasteiger charge is 2.17. The number of hydrogen-bond donors (Lipinski definition) is 2. The summed E-state index contributed by atoms with van der Waals surface area (Å²) < 4.78 is 13.1. The molecular weight excluding hydrogens is 213 g/mol. The number of carbonyl (C=O) groups is 2. The monoisotopic (exact) mass is 225 g/mol. The molecule has 1 atom stereocenters. The van der Waals surface area contributed by atoms with Crippen LogP contribution in [0.2, 0.25) is 0 Å². The number of likely N-dealkylation sites (N-methyl/N-ethyl adjacent to an activating group) is 1. The van der Waals surface area contributed by atoms with Crippen molar-refractivity contribution in [1.29, 1.82) is 0 Å². The van der Waals surface area contributed by atoms with Gasteiger partial charge in [0.15, 0.2) is 5.82 Å². The van der Waals surface area contributed by atoms with Gasteiger partial charge in [-0.2, -0.15) is 0 Å². The van der Waals surface area contributed by atoms with Gasteiger partial charge in [0.25, 0.3) is 5.91 Å². The number of rotatable bonds is 3. The molecular formula is C10H12FN3O2. The maximum atomic E-state index is 13.1. The number of nitrogens with zero attached hydrogens (tertiary/aromatic N) is 1. The summed E-state index contributed by atoms with van der Waals surface area (Å²) >= 11 is 0. The van der Waals surface area contributed by atoms with E-state index in [1.807, 2.05) is 0 Å². The Kier molecular flexibility index (Phi) is 3.93. The second-order valence-corrected chi connectivity index (χ2v) is 3.16. The minimum Gasteiger partial charge on any atom is -0.357 e. The lowest BCUT2D eigenvalue weighted by atomic mass is 10.2. The molecule has 1 heterocycles. The predicted octanol–water partition coefficient (Wildman–Crippen LogP) is 0.0850. The first-order valence-corrected chi connectivity index (χ1v) is 4.68. The minimum absolute atomic E-state index is 0.134. The molecule has 0 radical (unpaired) electrons. The molecule has 1 aromatic heterocycles. The maximum absolute atomic E-state index is 13.1. The third-order valence-corrected chi connectivity index (χ3v) is 2.00. The first kappa shape index (κ1) is 12.1. The molecule has 0 aromatic carbocycles. The quantitative estimate of drug-likeness (QED) is 0.765. The number of carbonyl (C=O) groups excluding carboxylic acids is 2. The van der Waals surface area contributed by atoms with Crippen LogP contribution < -0.4 is 10.6 Å². The Balaban J connectivity index is 2.73. The van der Waals surface area contributed by atoms with E-state index in [9.17, 15) is 14.0 Å². The van der Waals surface area contributed by atoms with Crippen LogP contribution in [0.25, 0.3) is 0 Å². The van der Waals surface area contributed by atoms with E-state index in [0.29, 0.717) is 0 Å². The molecule has 0 fully saturated rings. The van der Waals surface area contributed by atoms with Crippen LogP contribution in [0.3, 0.4) is 0 Å². The van der Waals surface area contributed by atoms with Gasteiger partial charge in [-0.05, 0) is 13.0 Å². The Labute approximate surface area is 92.1 Å². The fourth-order valence-electron chi connectivity index (χ4n) is 1.12. The van der Waals surface area contributed by atoms with Gasteiger partial charge >= 0.3 is 0 Å².